The lowest BCUT2D eigenvalue weighted by atomic mass is 10.1. The first-order chi connectivity index (χ1) is 16.0. The molecule has 8 heteroatoms. The second kappa shape index (κ2) is 10.1. The van der Waals surface area contributed by atoms with E-state index in [9.17, 15) is 4.79 Å². The van der Waals surface area contributed by atoms with Crippen molar-refractivity contribution in [2.75, 3.05) is 61.1 Å². The van der Waals surface area contributed by atoms with E-state index in [2.05, 4.69) is 39.3 Å². The molecule has 1 aliphatic rings. The number of hydrogen-bond donors (Lipinski definition) is 2. The number of carbonyl (C=O) groups is 1. The summed E-state index contributed by atoms with van der Waals surface area (Å²) in [7, 11) is 6.88. The smallest absolute Gasteiger partial charge is 0.268 e. The number of ether oxygens (including phenoxy) is 3. The number of piperazine rings is 1. The molecule has 0 radical (unpaired) electrons. The van der Waals surface area contributed by atoms with Crippen LogP contribution in [0.15, 0.2) is 42.5 Å². The van der Waals surface area contributed by atoms with Crippen LogP contribution in [0.4, 0.5) is 0 Å². The summed E-state index contributed by atoms with van der Waals surface area (Å²) in [5.74, 6) is 1.49. The van der Waals surface area contributed by atoms with E-state index in [0.29, 0.717) is 28.5 Å². The number of nitrogens with one attached hydrogen (secondary N) is 2. The van der Waals surface area contributed by atoms with E-state index in [-0.39, 0.29) is 11.9 Å². The quantitative estimate of drug-likeness (QED) is 0.547. The Morgan fingerprint density at radius 2 is 1.70 bits per heavy atom. The number of rotatable bonds is 8. The van der Waals surface area contributed by atoms with Gasteiger partial charge in [0.25, 0.3) is 5.91 Å². The Bertz CT molecular complexity index is 1090. The zero-order valence-corrected chi connectivity index (χ0v) is 19.7. The summed E-state index contributed by atoms with van der Waals surface area (Å²) in [4.78, 5) is 21.3. The highest BCUT2D eigenvalue weighted by Crippen LogP contribution is 2.41. The van der Waals surface area contributed by atoms with Crippen LogP contribution in [0.1, 0.15) is 22.1 Å². The van der Waals surface area contributed by atoms with Crippen molar-refractivity contribution in [2.24, 2.45) is 0 Å². The molecular formula is C25H32N4O4. The second-order valence-electron chi connectivity index (χ2n) is 8.33. The van der Waals surface area contributed by atoms with E-state index in [4.69, 9.17) is 14.2 Å². The van der Waals surface area contributed by atoms with Gasteiger partial charge in [-0.05, 0) is 18.7 Å². The Kier molecular flexibility index (Phi) is 7.05. The minimum atomic E-state index is -0.183. The van der Waals surface area contributed by atoms with E-state index >= 15 is 0 Å². The van der Waals surface area contributed by atoms with Gasteiger partial charge in [-0.15, -0.1) is 0 Å². The maximum atomic E-state index is 13.4. The van der Waals surface area contributed by atoms with Gasteiger partial charge in [0.05, 0.1) is 32.9 Å². The number of likely N-dealkylation sites (N-methyl/N-ethyl adjacent to an activating group) is 1. The number of H-pyrrole nitrogens is 1. The second-order valence-corrected chi connectivity index (χ2v) is 8.33. The number of carbonyl (C=O) groups excluding carboxylic acids is 1. The molecule has 1 unspecified atom stereocenters. The van der Waals surface area contributed by atoms with Crippen LogP contribution in [-0.2, 0) is 0 Å². The predicted molar refractivity (Wildman–Crippen MR) is 129 cm³/mol. The Hall–Kier alpha value is -3.23. The summed E-state index contributed by atoms with van der Waals surface area (Å²) in [5.41, 5.74) is 2.18. The van der Waals surface area contributed by atoms with Gasteiger partial charge in [-0.25, -0.2) is 0 Å². The number of amides is 1. The van der Waals surface area contributed by atoms with Gasteiger partial charge in [0, 0.05) is 44.2 Å². The van der Waals surface area contributed by atoms with E-state index in [1.165, 1.54) is 0 Å². The zero-order chi connectivity index (χ0) is 23.4. The molecule has 1 aliphatic heterocycles. The molecule has 3 aromatic rings. The minimum absolute atomic E-state index is 0.133. The molecule has 4 rings (SSSR count). The minimum Gasteiger partial charge on any atom is -0.496 e. The molecule has 1 aromatic heterocycles. The fourth-order valence-corrected chi connectivity index (χ4v) is 4.30. The summed E-state index contributed by atoms with van der Waals surface area (Å²) >= 11 is 0. The number of hydrogen-bond acceptors (Lipinski definition) is 6. The van der Waals surface area contributed by atoms with Crippen molar-refractivity contribution < 1.29 is 19.0 Å². The van der Waals surface area contributed by atoms with Crippen LogP contribution in [0.3, 0.4) is 0 Å². The highest BCUT2D eigenvalue weighted by Gasteiger charge is 2.24. The number of aromatic nitrogens is 1. The van der Waals surface area contributed by atoms with Crippen molar-refractivity contribution in [3.8, 4) is 17.2 Å². The summed E-state index contributed by atoms with van der Waals surface area (Å²) in [6.07, 6.45) is 0. The third-order valence-electron chi connectivity index (χ3n) is 6.23. The standard InChI is InChI=1S/C25H32N4O4/c1-28-10-12-29(13-11-28)16-20(17-8-6-5-7-9-17)27-25(30)19-14-18-21(31-2)15-22(32-3)24(33-4)23(18)26-19/h5-9,14-15,20,26H,10-13,16H2,1-4H3,(H,27,30). The number of aromatic amines is 1. The average Bonchev–Trinajstić information content (AvgIpc) is 3.30. The van der Waals surface area contributed by atoms with Crippen LogP contribution >= 0.6 is 0 Å². The first-order valence-corrected chi connectivity index (χ1v) is 11.1. The molecule has 1 amide bonds. The first kappa shape index (κ1) is 22.9. The molecular weight excluding hydrogens is 420 g/mol. The largest absolute Gasteiger partial charge is 0.496 e. The van der Waals surface area contributed by atoms with E-state index in [0.717, 1.165) is 43.7 Å². The third kappa shape index (κ3) is 4.91. The van der Waals surface area contributed by atoms with Crippen molar-refractivity contribution in [3.05, 3.63) is 53.7 Å². The molecule has 1 saturated heterocycles. The van der Waals surface area contributed by atoms with Crippen LogP contribution in [0.25, 0.3) is 10.9 Å². The lowest BCUT2D eigenvalue weighted by molar-refractivity contribution is 0.0903. The Morgan fingerprint density at radius 3 is 2.33 bits per heavy atom. The van der Waals surface area contributed by atoms with Gasteiger partial charge in [0.2, 0.25) is 0 Å². The topological polar surface area (TPSA) is 79.1 Å². The summed E-state index contributed by atoms with van der Waals surface area (Å²) in [6, 6.07) is 13.5. The van der Waals surface area contributed by atoms with Crippen LogP contribution in [0.2, 0.25) is 0 Å². The lowest BCUT2D eigenvalue weighted by Crippen LogP contribution is -2.47. The van der Waals surface area contributed by atoms with Gasteiger partial charge >= 0.3 is 0 Å². The Labute approximate surface area is 194 Å². The maximum Gasteiger partial charge on any atom is 0.268 e. The number of nitrogens with zero attached hydrogens (tertiary/aromatic N) is 2. The van der Waals surface area contributed by atoms with Crippen LogP contribution in [0, 0.1) is 0 Å². The molecule has 0 spiro atoms. The summed E-state index contributed by atoms with van der Waals surface area (Å²) < 4.78 is 16.5. The van der Waals surface area contributed by atoms with Gasteiger partial charge in [0.1, 0.15) is 11.4 Å². The van der Waals surface area contributed by atoms with Crippen molar-refractivity contribution in [1.82, 2.24) is 20.1 Å². The highest BCUT2D eigenvalue weighted by atomic mass is 16.5. The third-order valence-corrected chi connectivity index (χ3v) is 6.23. The van der Waals surface area contributed by atoms with Gasteiger partial charge in [0.15, 0.2) is 11.5 Å². The van der Waals surface area contributed by atoms with Crippen LogP contribution < -0.4 is 19.5 Å². The van der Waals surface area contributed by atoms with E-state index < -0.39 is 0 Å². The van der Waals surface area contributed by atoms with Gasteiger partial charge in [-0.2, -0.15) is 0 Å². The molecule has 0 bridgehead atoms. The Balaban J connectivity index is 1.62. The molecule has 2 heterocycles. The fraction of sp³-hybridized carbons (Fsp3) is 0.400. The van der Waals surface area contributed by atoms with E-state index in [1.54, 1.807) is 33.5 Å². The summed E-state index contributed by atoms with van der Waals surface area (Å²) in [5, 5.41) is 3.99. The average molecular weight is 453 g/mol. The van der Waals surface area contributed by atoms with E-state index in [1.807, 2.05) is 18.2 Å². The van der Waals surface area contributed by atoms with Crippen molar-refractivity contribution in [2.45, 2.75) is 6.04 Å². The Morgan fingerprint density at radius 1 is 1.00 bits per heavy atom. The van der Waals surface area contributed by atoms with Gasteiger partial charge in [-0.1, -0.05) is 30.3 Å². The van der Waals surface area contributed by atoms with Gasteiger partial charge < -0.3 is 29.4 Å². The molecule has 1 atom stereocenters. The lowest BCUT2D eigenvalue weighted by Gasteiger charge is -2.35. The molecule has 2 aromatic carbocycles. The maximum absolute atomic E-state index is 13.4. The zero-order valence-electron chi connectivity index (χ0n) is 19.7. The molecule has 2 N–H and O–H groups in total. The van der Waals surface area contributed by atoms with Crippen molar-refractivity contribution in [3.63, 3.8) is 0 Å². The van der Waals surface area contributed by atoms with Crippen molar-refractivity contribution in [1.29, 1.82) is 0 Å². The molecule has 33 heavy (non-hydrogen) atoms. The van der Waals surface area contributed by atoms with Gasteiger partial charge in [-0.3, -0.25) is 9.69 Å². The number of benzene rings is 2. The fourth-order valence-electron chi connectivity index (χ4n) is 4.30. The van der Waals surface area contributed by atoms with Crippen molar-refractivity contribution >= 4 is 16.8 Å². The SMILES string of the molecule is COc1cc(OC)c2cc(C(=O)NC(CN3CCN(C)CC3)c3ccccc3)[nH]c2c1OC. The molecule has 1 fully saturated rings. The molecule has 0 saturated carbocycles. The molecule has 8 nitrogen and oxygen atoms in total. The number of fused-ring (bicyclic) bond motifs is 1. The normalized spacial score (nSPS) is 15.9. The van der Waals surface area contributed by atoms with Crippen LogP contribution in [0.5, 0.6) is 17.2 Å². The molecule has 176 valence electrons. The summed E-state index contributed by atoms with van der Waals surface area (Å²) in [6.45, 7) is 4.77. The van der Waals surface area contributed by atoms with Crippen LogP contribution in [-0.4, -0.2) is 81.8 Å². The first-order valence-electron chi connectivity index (χ1n) is 11.1. The highest BCUT2D eigenvalue weighted by molar-refractivity contribution is 6.02. The number of methoxy groups -OCH3 is 3. The predicted octanol–water partition coefficient (Wildman–Crippen LogP) is 2.91. The monoisotopic (exact) mass is 452 g/mol. The molecule has 0 aliphatic carbocycles.